The van der Waals surface area contributed by atoms with Gasteiger partial charge >= 0.3 is 0 Å². The number of benzene rings is 2. The Bertz CT molecular complexity index is 655. The Morgan fingerprint density at radius 1 is 1.19 bits per heavy atom. The molecule has 3 nitrogen and oxygen atoms in total. The van der Waals surface area contributed by atoms with Crippen LogP contribution in [0.4, 0.5) is 0 Å². The molecule has 0 aliphatic carbocycles. The molecule has 1 unspecified atom stereocenters. The van der Waals surface area contributed by atoms with Crippen molar-refractivity contribution in [3.8, 4) is 5.75 Å². The van der Waals surface area contributed by atoms with Crippen LogP contribution in [-0.4, -0.2) is 25.1 Å². The summed E-state index contributed by atoms with van der Waals surface area (Å²) in [6, 6.07) is 13.3. The molecule has 2 aromatic rings. The molecule has 1 heterocycles. The number of hydrogen-bond acceptors (Lipinski definition) is 3. The quantitative estimate of drug-likeness (QED) is 0.624. The Hall–Kier alpha value is -2.13. The molecule has 0 N–H and O–H groups in total. The van der Waals surface area contributed by atoms with Gasteiger partial charge in [0.15, 0.2) is 5.78 Å². The molecule has 0 radical (unpaired) electrons. The van der Waals surface area contributed by atoms with Gasteiger partial charge in [-0.25, -0.2) is 0 Å². The summed E-state index contributed by atoms with van der Waals surface area (Å²) in [6.07, 6.45) is 0.173. The van der Waals surface area contributed by atoms with E-state index in [1.165, 1.54) is 0 Å². The predicted molar refractivity (Wildman–Crippen MR) is 81.0 cm³/mol. The number of ketones is 1. The van der Waals surface area contributed by atoms with Gasteiger partial charge in [-0.3, -0.25) is 4.79 Å². The van der Waals surface area contributed by atoms with Crippen molar-refractivity contribution in [3.63, 3.8) is 0 Å². The molecule has 0 amide bonds. The molecule has 0 aromatic heterocycles. The van der Waals surface area contributed by atoms with E-state index in [9.17, 15) is 4.79 Å². The number of carbonyl (C=O) groups is 1. The highest BCUT2D eigenvalue weighted by molar-refractivity contribution is 6.10. The minimum atomic E-state index is -0.00887. The van der Waals surface area contributed by atoms with Gasteiger partial charge in [0, 0.05) is 5.56 Å². The Balaban J connectivity index is 1.90. The molecule has 0 bridgehead atoms. The largest absolute Gasteiger partial charge is 0.490 e. The molecule has 3 rings (SSSR count). The van der Waals surface area contributed by atoms with Crippen molar-refractivity contribution in [1.82, 2.24) is 0 Å². The lowest BCUT2D eigenvalue weighted by atomic mass is 9.99. The molecule has 1 fully saturated rings. The van der Waals surface area contributed by atoms with Crippen molar-refractivity contribution in [3.05, 3.63) is 64.7 Å². The van der Waals surface area contributed by atoms with Gasteiger partial charge in [0.05, 0.1) is 12.2 Å². The van der Waals surface area contributed by atoms with Crippen LogP contribution < -0.4 is 4.74 Å². The van der Waals surface area contributed by atoms with E-state index < -0.39 is 0 Å². The minimum Gasteiger partial charge on any atom is -0.490 e. The third-order valence-corrected chi connectivity index (χ3v) is 3.59. The summed E-state index contributed by atoms with van der Waals surface area (Å²) in [5.74, 6) is 0.656. The van der Waals surface area contributed by atoms with Crippen LogP contribution in [0, 0.1) is 13.8 Å². The molecule has 1 atom stereocenters. The van der Waals surface area contributed by atoms with E-state index in [1.54, 1.807) is 0 Å². The van der Waals surface area contributed by atoms with Gasteiger partial charge in [0.2, 0.25) is 0 Å². The van der Waals surface area contributed by atoms with Crippen molar-refractivity contribution < 1.29 is 14.3 Å². The number of ether oxygens (including phenoxy) is 2. The summed E-state index contributed by atoms with van der Waals surface area (Å²) in [4.78, 5) is 12.7. The molecule has 1 aliphatic rings. The highest BCUT2D eigenvalue weighted by atomic mass is 16.6. The number of para-hydroxylation sites is 1. The van der Waals surface area contributed by atoms with E-state index in [4.69, 9.17) is 9.47 Å². The lowest BCUT2D eigenvalue weighted by Gasteiger charge is -2.13. The van der Waals surface area contributed by atoms with Crippen LogP contribution in [0.25, 0.3) is 0 Å². The second kappa shape index (κ2) is 5.70. The number of rotatable bonds is 5. The van der Waals surface area contributed by atoms with Crippen LogP contribution in [0.1, 0.15) is 27.0 Å². The average molecular weight is 282 g/mol. The van der Waals surface area contributed by atoms with Gasteiger partial charge in [-0.1, -0.05) is 42.0 Å². The summed E-state index contributed by atoms with van der Waals surface area (Å²) < 4.78 is 11.0. The predicted octanol–water partition coefficient (Wildman–Crippen LogP) is 3.31. The Morgan fingerprint density at radius 3 is 2.57 bits per heavy atom. The SMILES string of the molecule is Cc1ccc(C(=O)c2cccc(C)c2OCC2CO2)cc1. The van der Waals surface area contributed by atoms with E-state index in [0.29, 0.717) is 23.5 Å². The number of hydrogen-bond donors (Lipinski definition) is 0. The van der Waals surface area contributed by atoms with Crippen LogP contribution >= 0.6 is 0 Å². The van der Waals surface area contributed by atoms with E-state index in [0.717, 1.165) is 17.7 Å². The van der Waals surface area contributed by atoms with Crippen molar-refractivity contribution in [1.29, 1.82) is 0 Å². The standard InChI is InChI=1S/C18H18O3/c1-12-6-8-14(9-7-12)17(19)16-5-3-4-13(2)18(16)21-11-15-10-20-15/h3-9,15H,10-11H2,1-2H3. The van der Waals surface area contributed by atoms with Gasteiger partial charge in [-0.2, -0.15) is 0 Å². The van der Waals surface area contributed by atoms with Crippen LogP contribution in [0.15, 0.2) is 42.5 Å². The smallest absolute Gasteiger partial charge is 0.196 e. The first-order valence-electron chi connectivity index (χ1n) is 7.10. The average Bonchev–Trinajstić information content (AvgIpc) is 3.30. The molecule has 108 valence electrons. The lowest BCUT2D eigenvalue weighted by Crippen LogP contribution is -2.10. The lowest BCUT2D eigenvalue weighted by molar-refractivity contribution is 0.103. The molecule has 0 saturated carbocycles. The van der Waals surface area contributed by atoms with Crippen LogP contribution in [0.5, 0.6) is 5.75 Å². The number of aryl methyl sites for hydroxylation is 2. The fraction of sp³-hybridized carbons (Fsp3) is 0.278. The molecule has 3 heteroatoms. The van der Waals surface area contributed by atoms with Crippen LogP contribution in [0.3, 0.4) is 0 Å². The van der Waals surface area contributed by atoms with Gasteiger partial charge in [-0.15, -0.1) is 0 Å². The molecular weight excluding hydrogens is 264 g/mol. The van der Waals surface area contributed by atoms with E-state index >= 15 is 0 Å². The van der Waals surface area contributed by atoms with Gasteiger partial charge < -0.3 is 9.47 Å². The number of epoxide rings is 1. The van der Waals surface area contributed by atoms with E-state index in [1.807, 2.05) is 56.3 Å². The normalized spacial score (nSPS) is 16.6. The first-order valence-corrected chi connectivity index (χ1v) is 7.10. The fourth-order valence-corrected chi connectivity index (χ4v) is 2.22. The Kier molecular flexibility index (Phi) is 3.76. The topological polar surface area (TPSA) is 38.8 Å². The first kappa shape index (κ1) is 13.8. The highest BCUT2D eigenvalue weighted by Gasteiger charge is 2.25. The fourth-order valence-electron chi connectivity index (χ4n) is 2.22. The zero-order valence-electron chi connectivity index (χ0n) is 12.3. The monoisotopic (exact) mass is 282 g/mol. The van der Waals surface area contributed by atoms with Crippen LogP contribution in [-0.2, 0) is 4.74 Å². The maximum absolute atomic E-state index is 12.7. The van der Waals surface area contributed by atoms with Crippen LogP contribution in [0.2, 0.25) is 0 Å². The Labute approximate surface area is 124 Å². The Morgan fingerprint density at radius 2 is 1.90 bits per heavy atom. The third kappa shape index (κ3) is 3.14. The zero-order chi connectivity index (χ0) is 14.8. The molecule has 1 saturated heterocycles. The molecule has 1 aliphatic heterocycles. The van der Waals surface area contributed by atoms with E-state index in [-0.39, 0.29) is 11.9 Å². The summed E-state index contributed by atoms with van der Waals surface area (Å²) in [6.45, 7) is 5.20. The maximum Gasteiger partial charge on any atom is 0.196 e. The van der Waals surface area contributed by atoms with Gasteiger partial charge in [-0.05, 0) is 25.5 Å². The maximum atomic E-state index is 12.7. The van der Waals surface area contributed by atoms with E-state index in [2.05, 4.69) is 0 Å². The summed E-state index contributed by atoms with van der Waals surface area (Å²) in [5, 5.41) is 0. The minimum absolute atomic E-state index is 0.00887. The first-order chi connectivity index (χ1) is 10.1. The van der Waals surface area contributed by atoms with Gasteiger partial charge in [0.1, 0.15) is 18.5 Å². The van der Waals surface area contributed by atoms with Crippen molar-refractivity contribution in [2.75, 3.05) is 13.2 Å². The van der Waals surface area contributed by atoms with Crippen molar-refractivity contribution in [2.45, 2.75) is 20.0 Å². The third-order valence-electron chi connectivity index (χ3n) is 3.59. The second-order valence-electron chi connectivity index (χ2n) is 5.41. The highest BCUT2D eigenvalue weighted by Crippen LogP contribution is 2.27. The molecule has 0 spiro atoms. The summed E-state index contributed by atoms with van der Waals surface area (Å²) in [7, 11) is 0. The molecule has 2 aromatic carbocycles. The van der Waals surface area contributed by atoms with Crippen molar-refractivity contribution in [2.24, 2.45) is 0 Å². The van der Waals surface area contributed by atoms with Crippen molar-refractivity contribution >= 4 is 5.78 Å². The second-order valence-corrected chi connectivity index (χ2v) is 5.41. The molecule has 21 heavy (non-hydrogen) atoms. The van der Waals surface area contributed by atoms with Gasteiger partial charge in [0.25, 0.3) is 0 Å². The number of carbonyl (C=O) groups excluding carboxylic acids is 1. The summed E-state index contributed by atoms with van der Waals surface area (Å²) >= 11 is 0. The zero-order valence-corrected chi connectivity index (χ0v) is 12.3. The summed E-state index contributed by atoms with van der Waals surface area (Å²) in [5.41, 5.74) is 3.39. The molecular formula is C18H18O3.